The summed E-state index contributed by atoms with van der Waals surface area (Å²) in [6.45, 7) is 1.31. The summed E-state index contributed by atoms with van der Waals surface area (Å²) < 4.78 is 5.82. The summed E-state index contributed by atoms with van der Waals surface area (Å²) in [4.78, 5) is 16.3. The van der Waals surface area contributed by atoms with Crippen molar-refractivity contribution in [2.75, 3.05) is 20.2 Å². The molecular formula is C19H19N5O3S. The summed E-state index contributed by atoms with van der Waals surface area (Å²) in [5, 5.41) is 26.7. The molecule has 1 aromatic carbocycles. The van der Waals surface area contributed by atoms with Gasteiger partial charge in [-0.1, -0.05) is 6.07 Å². The molecule has 8 nitrogen and oxygen atoms in total. The molecular weight excluding hydrogens is 378 g/mol. The van der Waals surface area contributed by atoms with Crippen molar-refractivity contribution >= 4 is 17.3 Å². The minimum atomic E-state index is -0.990. The van der Waals surface area contributed by atoms with Gasteiger partial charge >= 0.3 is 5.97 Å². The summed E-state index contributed by atoms with van der Waals surface area (Å²) in [7, 11) is 1.83. The molecule has 0 saturated heterocycles. The number of carbonyl (C=O) groups is 1. The van der Waals surface area contributed by atoms with Crippen molar-refractivity contribution in [2.45, 2.75) is 12.8 Å². The number of hydrogen-bond acceptors (Lipinski definition) is 7. The van der Waals surface area contributed by atoms with Gasteiger partial charge in [0.2, 0.25) is 5.01 Å². The number of nitriles is 1. The Morgan fingerprint density at radius 1 is 1.46 bits per heavy atom. The van der Waals surface area contributed by atoms with E-state index in [9.17, 15) is 4.79 Å². The van der Waals surface area contributed by atoms with Gasteiger partial charge in [-0.2, -0.15) is 10.4 Å². The maximum absolute atomic E-state index is 11.1. The monoisotopic (exact) mass is 397 g/mol. The van der Waals surface area contributed by atoms with Crippen molar-refractivity contribution in [3.05, 3.63) is 40.5 Å². The third kappa shape index (κ3) is 4.36. The van der Waals surface area contributed by atoms with Crippen LogP contribution in [0.3, 0.4) is 0 Å². The third-order valence-corrected chi connectivity index (χ3v) is 5.13. The predicted molar refractivity (Wildman–Crippen MR) is 105 cm³/mol. The van der Waals surface area contributed by atoms with E-state index in [1.165, 1.54) is 11.3 Å². The van der Waals surface area contributed by atoms with E-state index in [4.69, 9.17) is 15.1 Å². The average molecular weight is 397 g/mol. The molecule has 0 amide bonds. The molecule has 2 aromatic heterocycles. The lowest BCUT2D eigenvalue weighted by molar-refractivity contribution is 0.0696. The molecule has 9 heteroatoms. The van der Waals surface area contributed by atoms with E-state index in [1.54, 1.807) is 6.20 Å². The van der Waals surface area contributed by atoms with Gasteiger partial charge in [0.05, 0.1) is 24.6 Å². The maximum Gasteiger partial charge on any atom is 0.365 e. The van der Waals surface area contributed by atoms with Gasteiger partial charge in [0.15, 0.2) is 0 Å². The zero-order valence-electron chi connectivity index (χ0n) is 15.2. The number of aromatic carboxylic acids is 1. The lowest BCUT2D eigenvalue weighted by atomic mass is 10.0. The molecule has 3 N–H and O–H groups in total. The summed E-state index contributed by atoms with van der Waals surface area (Å²) in [5.74, 6) is -0.268. The highest BCUT2D eigenvalue weighted by Crippen LogP contribution is 2.39. The van der Waals surface area contributed by atoms with Crippen molar-refractivity contribution in [3.8, 4) is 34.2 Å². The number of nitrogens with one attached hydrogen (secondary N) is 2. The minimum Gasteiger partial charge on any atom is -0.492 e. The van der Waals surface area contributed by atoms with Crippen LogP contribution in [0.15, 0.2) is 30.6 Å². The largest absolute Gasteiger partial charge is 0.492 e. The van der Waals surface area contributed by atoms with Crippen molar-refractivity contribution < 1.29 is 14.6 Å². The van der Waals surface area contributed by atoms with E-state index in [0.29, 0.717) is 25.1 Å². The Morgan fingerprint density at radius 2 is 2.32 bits per heavy atom. The number of fused-ring (bicyclic) bond motifs is 3. The number of carboxylic acids is 1. The topological polar surface area (TPSA) is 124 Å². The Morgan fingerprint density at radius 3 is 2.96 bits per heavy atom. The molecule has 0 radical (unpaired) electrons. The van der Waals surface area contributed by atoms with E-state index in [2.05, 4.69) is 20.5 Å². The van der Waals surface area contributed by atoms with Crippen molar-refractivity contribution in [2.24, 2.45) is 0 Å². The SMILES string of the molecule is CNCCC#N.O=C(O)c1nc2c(s1)CCOc1cc(-c3cn[nH]c3)ccc1-2. The van der Waals surface area contributed by atoms with Crippen LogP contribution in [0.25, 0.3) is 22.4 Å². The first-order valence-corrected chi connectivity index (χ1v) is 9.46. The highest BCUT2D eigenvalue weighted by molar-refractivity contribution is 7.14. The van der Waals surface area contributed by atoms with Gasteiger partial charge in [0.25, 0.3) is 0 Å². The van der Waals surface area contributed by atoms with Gasteiger partial charge in [-0.05, 0) is 24.7 Å². The van der Waals surface area contributed by atoms with E-state index in [-0.39, 0.29) is 5.01 Å². The van der Waals surface area contributed by atoms with Crippen LogP contribution in [0.2, 0.25) is 0 Å². The van der Waals surface area contributed by atoms with Crippen molar-refractivity contribution in [3.63, 3.8) is 0 Å². The fourth-order valence-corrected chi connectivity index (χ4v) is 3.58. The Balaban J connectivity index is 0.000000330. The van der Waals surface area contributed by atoms with E-state index in [1.807, 2.05) is 37.5 Å². The lowest BCUT2D eigenvalue weighted by Gasteiger charge is -2.08. The summed E-state index contributed by atoms with van der Waals surface area (Å²) in [6.07, 6.45) is 4.83. The fraction of sp³-hybridized carbons (Fsp3) is 0.263. The van der Waals surface area contributed by atoms with Gasteiger partial charge in [0, 0.05) is 41.6 Å². The number of H-pyrrole nitrogens is 1. The molecule has 0 spiro atoms. The number of thiazole rings is 1. The third-order valence-electron chi connectivity index (χ3n) is 4.02. The van der Waals surface area contributed by atoms with Gasteiger partial charge in [-0.3, -0.25) is 5.10 Å². The molecule has 0 bridgehead atoms. The number of nitrogens with zero attached hydrogens (tertiary/aromatic N) is 3. The van der Waals surface area contributed by atoms with Crippen LogP contribution < -0.4 is 10.1 Å². The molecule has 0 unspecified atom stereocenters. The van der Waals surface area contributed by atoms with Crippen LogP contribution >= 0.6 is 11.3 Å². The van der Waals surface area contributed by atoms with Crippen LogP contribution in [0.5, 0.6) is 5.75 Å². The molecule has 144 valence electrons. The zero-order chi connectivity index (χ0) is 19.9. The molecule has 3 heterocycles. The summed E-state index contributed by atoms with van der Waals surface area (Å²) >= 11 is 1.22. The standard InChI is InChI=1S/C15H11N3O3S.C4H8N2/c19-15(20)14-18-13-10-2-1-8(9-6-16-17-7-9)5-11(10)21-4-3-12(13)22-14;1-6-4-2-3-5/h1-2,5-7H,3-4H2,(H,16,17)(H,19,20);6H,2,4H2,1H3. The fourth-order valence-electron chi connectivity index (χ4n) is 2.68. The van der Waals surface area contributed by atoms with Crippen LogP contribution in [-0.2, 0) is 6.42 Å². The van der Waals surface area contributed by atoms with Gasteiger partial charge in [0.1, 0.15) is 5.75 Å². The Hall–Kier alpha value is -3.22. The van der Waals surface area contributed by atoms with Gasteiger partial charge in [-0.25, -0.2) is 9.78 Å². The molecule has 1 aliphatic heterocycles. The van der Waals surface area contributed by atoms with Crippen LogP contribution in [0.4, 0.5) is 0 Å². The van der Waals surface area contributed by atoms with E-state index >= 15 is 0 Å². The van der Waals surface area contributed by atoms with E-state index < -0.39 is 5.97 Å². The quantitative estimate of drug-likeness (QED) is 0.578. The minimum absolute atomic E-state index is 0.122. The predicted octanol–water partition coefficient (Wildman–Crippen LogP) is 2.95. The molecule has 1 aliphatic rings. The molecule has 0 atom stereocenters. The number of aromatic nitrogens is 3. The smallest absolute Gasteiger partial charge is 0.365 e. The second-order valence-corrected chi connectivity index (χ2v) is 6.99. The summed E-state index contributed by atoms with van der Waals surface area (Å²) in [5.41, 5.74) is 3.52. The van der Waals surface area contributed by atoms with Gasteiger partial charge in [-0.15, -0.1) is 11.3 Å². The summed E-state index contributed by atoms with van der Waals surface area (Å²) in [6, 6.07) is 7.83. The first-order chi connectivity index (χ1) is 13.6. The number of rotatable bonds is 4. The lowest BCUT2D eigenvalue weighted by Crippen LogP contribution is -2.05. The second kappa shape index (κ2) is 9.12. The van der Waals surface area contributed by atoms with Gasteiger partial charge < -0.3 is 15.2 Å². The Labute approximate surface area is 165 Å². The molecule has 4 rings (SSSR count). The number of hydrogen-bond donors (Lipinski definition) is 3. The zero-order valence-corrected chi connectivity index (χ0v) is 16.0. The Kier molecular flexibility index (Phi) is 6.37. The maximum atomic E-state index is 11.1. The highest BCUT2D eigenvalue weighted by atomic mass is 32.1. The van der Waals surface area contributed by atoms with Crippen molar-refractivity contribution in [1.29, 1.82) is 5.26 Å². The number of ether oxygens (including phenoxy) is 1. The van der Waals surface area contributed by atoms with Crippen LogP contribution in [-0.4, -0.2) is 46.5 Å². The number of aromatic amines is 1. The van der Waals surface area contributed by atoms with Crippen LogP contribution in [0.1, 0.15) is 21.1 Å². The van der Waals surface area contributed by atoms with Crippen LogP contribution in [0, 0.1) is 11.3 Å². The average Bonchev–Trinajstić information content (AvgIpc) is 3.34. The molecule has 0 saturated carbocycles. The number of carboxylic acid groups (broad SMARTS) is 1. The van der Waals surface area contributed by atoms with E-state index in [0.717, 1.165) is 33.9 Å². The number of benzene rings is 1. The molecule has 0 aliphatic carbocycles. The highest BCUT2D eigenvalue weighted by Gasteiger charge is 2.23. The Bertz CT molecular complexity index is 992. The normalized spacial score (nSPS) is 11.7. The molecule has 3 aromatic rings. The first kappa shape index (κ1) is 19.5. The second-order valence-electron chi connectivity index (χ2n) is 5.90. The van der Waals surface area contributed by atoms with Crippen molar-refractivity contribution in [1.82, 2.24) is 20.5 Å². The first-order valence-electron chi connectivity index (χ1n) is 8.65. The molecule has 0 fully saturated rings. The molecule has 28 heavy (non-hydrogen) atoms.